The standard InChI is InChI=1S/C22H16N2S/c1-2-6-14(7-3-1)24-18-11-10-16-15-8-4-5-9-17(15)23-21(16)20(18)22-19(24)12-13-25-22/h1-8,10-13,17,23H,9H2. The lowest BCUT2D eigenvalue weighted by Gasteiger charge is -2.13. The fraction of sp³-hybridized carbons (Fsp3) is 0.0909. The van der Waals surface area contributed by atoms with Gasteiger partial charge >= 0.3 is 0 Å². The number of para-hydroxylation sites is 1. The zero-order valence-corrected chi connectivity index (χ0v) is 14.4. The van der Waals surface area contributed by atoms with Gasteiger partial charge in [-0.05, 0) is 41.6 Å². The molecule has 1 aliphatic carbocycles. The van der Waals surface area contributed by atoms with Gasteiger partial charge in [-0.2, -0.15) is 0 Å². The highest BCUT2D eigenvalue weighted by atomic mass is 32.1. The molecule has 6 rings (SSSR count). The van der Waals surface area contributed by atoms with E-state index in [-0.39, 0.29) is 0 Å². The van der Waals surface area contributed by atoms with Gasteiger partial charge in [0.05, 0.1) is 27.5 Å². The fourth-order valence-corrected chi connectivity index (χ4v) is 5.20. The molecule has 120 valence electrons. The van der Waals surface area contributed by atoms with Crippen LogP contribution in [0.3, 0.4) is 0 Å². The van der Waals surface area contributed by atoms with Crippen LogP contribution >= 0.6 is 11.3 Å². The number of allylic oxidation sites excluding steroid dienone is 2. The van der Waals surface area contributed by atoms with Crippen LogP contribution in [0.25, 0.3) is 32.4 Å². The summed E-state index contributed by atoms with van der Waals surface area (Å²) in [6.45, 7) is 0. The predicted molar refractivity (Wildman–Crippen MR) is 108 cm³/mol. The number of hydrogen-bond donors (Lipinski definition) is 1. The maximum Gasteiger partial charge on any atom is 0.0649 e. The van der Waals surface area contributed by atoms with Gasteiger partial charge in [-0.25, -0.2) is 0 Å². The molecular weight excluding hydrogens is 324 g/mol. The first kappa shape index (κ1) is 13.5. The average Bonchev–Trinajstić information content (AvgIpc) is 3.33. The number of rotatable bonds is 1. The van der Waals surface area contributed by atoms with Gasteiger partial charge in [-0.1, -0.05) is 42.5 Å². The van der Waals surface area contributed by atoms with E-state index in [1.54, 1.807) is 0 Å². The lowest BCUT2D eigenvalue weighted by molar-refractivity contribution is 0.929. The lowest BCUT2D eigenvalue weighted by Crippen LogP contribution is -2.14. The minimum absolute atomic E-state index is 0.417. The largest absolute Gasteiger partial charge is 0.377 e. The Labute approximate surface area is 149 Å². The molecule has 0 fully saturated rings. The molecule has 0 amide bonds. The second-order valence-corrected chi connectivity index (χ2v) is 7.59. The molecule has 1 atom stereocenters. The van der Waals surface area contributed by atoms with Crippen LogP contribution in [0.2, 0.25) is 0 Å². The normalized spacial score (nSPS) is 18.2. The molecule has 3 heteroatoms. The molecule has 0 radical (unpaired) electrons. The van der Waals surface area contributed by atoms with Crippen LogP contribution in [0.5, 0.6) is 0 Å². The SMILES string of the molecule is C1=CCC2Nc3c(ccc4c3c3sccc3n4-c3ccccc3)C2=C1. The number of benzene rings is 2. The van der Waals surface area contributed by atoms with Gasteiger partial charge in [0.15, 0.2) is 0 Å². The van der Waals surface area contributed by atoms with Gasteiger partial charge in [0, 0.05) is 16.6 Å². The van der Waals surface area contributed by atoms with Crippen molar-refractivity contribution in [1.82, 2.24) is 4.57 Å². The van der Waals surface area contributed by atoms with Crippen LogP contribution in [-0.2, 0) is 0 Å². The van der Waals surface area contributed by atoms with Crippen molar-refractivity contribution in [2.75, 3.05) is 5.32 Å². The topological polar surface area (TPSA) is 17.0 Å². The highest BCUT2D eigenvalue weighted by Gasteiger charge is 2.30. The van der Waals surface area contributed by atoms with E-state index in [2.05, 4.69) is 82.0 Å². The molecule has 1 unspecified atom stereocenters. The van der Waals surface area contributed by atoms with E-state index in [0.717, 1.165) is 6.42 Å². The van der Waals surface area contributed by atoms with Gasteiger partial charge < -0.3 is 9.88 Å². The molecule has 2 aliphatic rings. The van der Waals surface area contributed by atoms with Gasteiger partial charge in [-0.3, -0.25) is 0 Å². The van der Waals surface area contributed by atoms with E-state index < -0.39 is 0 Å². The van der Waals surface area contributed by atoms with Gasteiger partial charge in [0.1, 0.15) is 0 Å². The van der Waals surface area contributed by atoms with Crippen LogP contribution in [0.1, 0.15) is 12.0 Å². The second kappa shape index (κ2) is 4.87. The zero-order valence-electron chi connectivity index (χ0n) is 13.6. The highest BCUT2D eigenvalue weighted by Crippen LogP contribution is 2.47. The molecule has 25 heavy (non-hydrogen) atoms. The number of fused-ring (bicyclic) bond motifs is 7. The molecule has 2 aromatic carbocycles. The molecule has 2 nitrogen and oxygen atoms in total. The van der Waals surface area contributed by atoms with E-state index >= 15 is 0 Å². The Morgan fingerprint density at radius 2 is 1.92 bits per heavy atom. The van der Waals surface area contributed by atoms with Crippen molar-refractivity contribution in [1.29, 1.82) is 0 Å². The number of thiophene rings is 1. The van der Waals surface area contributed by atoms with Crippen molar-refractivity contribution in [3.8, 4) is 5.69 Å². The minimum Gasteiger partial charge on any atom is -0.377 e. The smallest absolute Gasteiger partial charge is 0.0649 e. The molecule has 0 bridgehead atoms. The number of aromatic nitrogens is 1. The molecule has 0 saturated carbocycles. The third kappa shape index (κ3) is 1.73. The number of nitrogens with one attached hydrogen (secondary N) is 1. The fourth-order valence-electron chi connectivity index (χ4n) is 4.27. The van der Waals surface area contributed by atoms with Crippen molar-refractivity contribution in [2.45, 2.75) is 12.5 Å². The highest BCUT2D eigenvalue weighted by molar-refractivity contribution is 7.18. The first-order chi connectivity index (χ1) is 12.4. The van der Waals surface area contributed by atoms with Crippen LogP contribution < -0.4 is 5.32 Å². The van der Waals surface area contributed by atoms with E-state index in [1.807, 2.05) is 11.3 Å². The Kier molecular flexibility index (Phi) is 2.63. The van der Waals surface area contributed by atoms with Crippen LogP contribution in [0.4, 0.5) is 5.69 Å². The Bertz CT molecular complexity index is 1190. The molecule has 0 saturated heterocycles. The Hall–Kier alpha value is -2.78. The van der Waals surface area contributed by atoms with E-state index in [4.69, 9.17) is 0 Å². The summed E-state index contributed by atoms with van der Waals surface area (Å²) in [4.78, 5) is 0. The lowest BCUT2D eigenvalue weighted by atomic mass is 9.96. The summed E-state index contributed by atoms with van der Waals surface area (Å²) in [5, 5.41) is 7.36. The third-order valence-electron chi connectivity index (χ3n) is 5.34. The Morgan fingerprint density at radius 3 is 2.84 bits per heavy atom. The van der Waals surface area contributed by atoms with Gasteiger partial charge in [-0.15, -0.1) is 11.3 Å². The van der Waals surface area contributed by atoms with Gasteiger partial charge in [0.25, 0.3) is 0 Å². The maximum absolute atomic E-state index is 3.80. The summed E-state index contributed by atoms with van der Waals surface area (Å²) in [7, 11) is 0. The van der Waals surface area contributed by atoms with E-state index in [9.17, 15) is 0 Å². The number of hydrogen-bond acceptors (Lipinski definition) is 2. The first-order valence-corrected chi connectivity index (χ1v) is 9.53. The van der Waals surface area contributed by atoms with Crippen molar-refractivity contribution >= 4 is 43.7 Å². The summed E-state index contributed by atoms with van der Waals surface area (Å²) >= 11 is 1.84. The molecule has 3 heterocycles. The van der Waals surface area contributed by atoms with E-state index in [1.165, 1.54) is 43.6 Å². The van der Waals surface area contributed by atoms with Crippen molar-refractivity contribution in [3.05, 3.63) is 77.7 Å². The summed E-state index contributed by atoms with van der Waals surface area (Å²) in [6.07, 6.45) is 7.76. The second-order valence-electron chi connectivity index (χ2n) is 6.67. The summed E-state index contributed by atoms with van der Waals surface area (Å²) < 4.78 is 3.76. The van der Waals surface area contributed by atoms with Crippen LogP contribution in [0, 0.1) is 0 Å². The molecule has 4 aromatic rings. The molecule has 1 aliphatic heterocycles. The summed E-state index contributed by atoms with van der Waals surface area (Å²) in [6, 6.07) is 17.9. The number of nitrogens with zero attached hydrogens (tertiary/aromatic N) is 1. The Balaban J connectivity index is 1.73. The maximum atomic E-state index is 3.80. The molecule has 1 N–H and O–H groups in total. The molecule has 0 spiro atoms. The van der Waals surface area contributed by atoms with Crippen molar-refractivity contribution < 1.29 is 0 Å². The summed E-state index contributed by atoms with van der Waals surface area (Å²) in [5.41, 5.74) is 7.89. The summed E-state index contributed by atoms with van der Waals surface area (Å²) in [5.74, 6) is 0. The van der Waals surface area contributed by atoms with Crippen molar-refractivity contribution in [2.24, 2.45) is 0 Å². The average molecular weight is 340 g/mol. The Morgan fingerprint density at radius 1 is 1.00 bits per heavy atom. The van der Waals surface area contributed by atoms with Crippen LogP contribution in [-0.4, -0.2) is 10.6 Å². The third-order valence-corrected chi connectivity index (χ3v) is 6.26. The zero-order chi connectivity index (χ0) is 16.4. The number of anilines is 1. The molecule has 2 aromatic heterocycles. The quantitative estimate of drug-likeness (QED) is 0.451. The molecular formula is C22H16N2S. The van der Waals surface area contributed by atoms with Gasteiger partial charge in [0.2, 0.25) is 0 Å². The minimum atomic E-state index is 0.417. The monoisotopic (exact) mass is 340 g/mol. The van der Waals surface area contributed by atoms with Crippen LogP contribution in [0.15, 0.2) is 72.1 Å². The predicted octanol–water partition coefficient (Wildman–Crippen LogP) is 5.98. The van der Waals surface area contributed by atoms with E-state index in [0.29, 0.717) is 6.04 Å². The van der Waals surface area contributed by atoms with Crippen molar-refractivity contribution in [3.63, 3.8) is 0 Å². The first-order valence-electron chi connectivity index (χ1n) is 8.65.